The average molecular weight is 584 g/mol. The van der Waals surface area contributed by atoms with Crippen molar-refractivity contribution in [3.63, 3.8) is 0 Å². The second-order valence-corrected chi connectivity index (χ2v) is 12.0. The van der Waals surface area contributed by atoms with Crippen LogP contribution < -0.4 is 10.1 Å². The maximum atomic E-state index is 13.6. The van der Waals surface area contributed by atoms with Gasteiger partial charge in [-0.1, -0.05) is 44.2 Å². The number of carbonyl (C=O) groups excluding carboxylic acids is 1. The van der Waals surface area contributed by atoms with Crippen molar-refractivity contribution in [2.75, 3.05) is 20.2 Å². The lowest BCUT2D eigenvalue weighted by atomic mass is 10.0. The second kappa shape index (κ2) is 12.6. The fourth-order valence-electron chi connectivity index (χ4n) is 4.37. The Kier molecular flexibility index (Phi) is 9.16. The van der Waals surface area contributed by atoms with Gasteiger partial charge >= 0.3 is 0 Å². The number of nitrogens with one attached hydrogen (secondary N) is 1. The summed E-state index contributed by atoms with van der Waals surface area (Å²) in [5, 5.41) is 34.1. The molecule has 2 atom stereocenters. The Morgan fingerprint density at radius 2 is 1.76 bits per heavy atom. The summed E-state index contributed by atoms with van der Waals surface area (Å²) in [7, 11) is -2.62. The number of fused-ring (bicyclic) bond motifs is 1. The van der Waals surface area contributed by atoms with Crippen molar-refractivity contribution in [3.05, 3.63) is 78.2 Å². The monoisotopic (exact) mass is 583 g/mol. The molecule has 4 rings (SSSR count). The zero-order valence-electron chi connectivity index (χ0n) is 22.9. The highest BCUT2D eigenvalue weighted by atomic mass is 32.2. The molecule has 2 heterocycles. The zero-order valence-corrected chi connectivity index (χ0v) is 23.7. The van der Waals surface area contributed by atoms with Gasteiger partial charge < -0.3 is 29.8 Å². The van der Waals surface area contributed by atoms with Crippen molar-refractivity contribution < 1.29 is 37.7 Å². The number of amides is 1. The molecule has 0 aliphatic carbocycles. The molecule has 0 spiro atoms. The molecule has 0 saturated carbocycles. The minimum atomic E-state index is -4.05. The maximum absolute atomic E-state index is 13.6. The first kappa shape index (κ1) is 29.8. The molecule has 0 fully saturated rings. The molecule has 4 aromatic rings. The number of aliphatic hydroxyl groups is 1. The lowest BCUT2D eigenvalue weighted by Gasteiger charge is -2.30. The highest BCUT2D eigenvalue weighted by Gasteiger charge is 2.32. The summed E-state index contributed by atoms with van der Waals surface area (Å²) >= 11 is 0. The van der Waals surface area contributed by atoms with Crippen LogP contribution in [0.1, 0.15) is 30.0 Å². The number of methoxy groups -OCH3 is 1. The van der Waals surface area contributed by atoms with E-state index in [0.717, 1.165) is 5.56 Å². The molecule has 0 radical (unpaired) electrons. The van der Waals surface area contributed by atoms with Crippen LogP contribution in [0.15, 0.2) is 76.2 Å². The Bertz CT molecular complexity index is 1550. The highest BCUT2D eigenvalue weighted by molar-refractivity contribution is 7.89. The Hall–Kier alpha value is -4.13. The van der Waals surface area contributed by atoms with E-state index >= 15 is 0 Å². The van der Waals surface area contributed by atoms with Crippen LogP contribution in [0.25, 0.3) is 11.0 Å². The van der Waals surface area contributed by atoms with Gasteiger partial charge in [-0.15, -0.1) is 0 Å². The SMILES string of the molecule is COc1ccc(S(=O)(=O)N(CC(C)C)C[C@@H](O)[C@H](Cc2ccccc2)NC(=O)c2cc3cc(O)c(O)cc3o2)cn1. The quantitative estimate of drug-likeness (QED) is 0.183. The molecule has 2 aromatic carbocycles. The summed E-state index contributed by atoms with van der Waals surface area (Å²) in [6.07, 6.45) is 0.0973. The number of aliphatic hydroxyl groups excluding tert-OH is 1. The first-order chi connectivity index (χ1) is 19.5. The molecule has 41 heavy (non-hydrogen) atoms. The van der Waals surface area contributed by atoms with Gasteiger partial charge in [0.2, 0.25) is 15.9 Å². The fraction of sp³-hybridized carbons (Fsp3) is 0.310. The third-order valence-corrected chi connectivity index (χ3v) is 8.25. The van der Waals surface area contributed by atoms with E-state index in [4.69, 9.17) is 9.15 Å². The zero-order chi connectivity index (χ0) is 29.7. The smallest absolute Gasteiger partial charge is 0.287 e. The number of nitrogens with zero attached hydrogens (tertiary/aromatic N) is 2. The number of hydrogen-bond donors (Lipinski definition) is 4. The van der Waals surface area contributed by atoms with Crippen LogP contribution in [-0.2, 0) is 16.4 Å². The molecule has 2 aromatic heterocycles. The van der Waals surface area contributed by atoms with Crippen LogP contribution in [0.2, 0.25) is 0 Å². The third-order valence-electron chi connectivity index (χ3n) is 6.43. The predicted molar refractivity (Wildman–Crippen MR) is 151 cm³/mol. The molecule has 0 aliphatic rings. The summed E-state index contributed by atoms with van der Waals surface area (Å²) in [4.78, 5) is 17.2. The molecule has 1 amide bonds. The number of benzene rings is 2. The Morgan fingerprint density at radius 1 is 1.05 bits per heavy atom. The molecule has 4 N–H and O–H groups in total. The van der Waals surface area contributed by atoms with Crippen molar-refractivity contribution in [2.24, 2.45) is 5.92 Å². The van der Waals surface area contributed by atoms with Crippen molar-refractivity contribution >= 4 is 26.9 Å². The van der Waals surface area contributed by atoms with E-state index < -0.39 is 33.8 Å². The number of aromatic nitrogens is 1. The topological polar surface area (TPSA) is 162 Å². The second-order valence-electron chi connectivity index (χ2n) is 10.1. The number of phenols is 2. The number of aromatic hydroxyl groups is 2. The number of sulfonamides is 1. The normalized spacial score (nSPS) is 13.4. The van der Waals surface area contributed by atoms with E-state index in [1.807, 2.05) is 44.2 Å². The van der Waals surface area contributed by atoms with Crippen LogP contribution in [0.5, 0.6) is 17.4 Å². The predicted octanol–water partition coefficient (Wildman–Crippen LogP) is 3.30. The molecular weight excluding hydrogens is 550 g/mol. The van der Waals surface area contributed by atoms with Gasteiger partial charge in [0.25, 0.3) is 5.91 Å². The van der Waals surface area contributed by atoms with E-state index in [2.05, 4.69) is 10.3 Å². The lowest BCUT2D eigenvalue weighted by Crippen LogP contribution is -2.51. The number of hydrogen-bond acceptors (Lipinski definition) is 9. The summed E-state index contributed by atoms with van der Waals surface area (Å²) in [6, 6.07) is 15.0. The standard InChI is InChI=1S/C29H33N3O8S/c1-18(2)16-32(41(37,38)21-9-10-28(39-3)30-15-21)17-25(35)22(11-19-7-5-4-6-8-19)31-29(36)27-13-20-12-23(33)24(34)14-26(20)40-27/h4-10,12-15,18,22,25,33-35H,11,16-17H2,1-3H3,(H,31,36)/t22-,25+/m0/s1. The number of phenolic OH excluding ortho intramolecular Hbond substituents is 2. The van der Waals surface area contributed by atoms with Gasteiger partial charge in [-0.2, -0.15) is 4.31 Å². The highest BCUT2D eigenvalue weighted by Crippen LogP contribution is 2.32. The van der Waals surface area contributed by atoms with Crippen LogP contribution >= 0.6 is 0 Å². The van der Waals surface area contributed by atoms with Crippen molar-refractivity contribution in [1.29, 1.82) is 0 Å². The summed E-state index contributed by atoms with van der Waals surface area (Å²) < 4.78 is 38.9. The molecule has 11 nitrogen and oxygen atoms in total. The lowest BCUT2D eigenvalue weighted by molar-refractivity contribution is 0.0756. The first-order valence-corrected chi connectivity index (χ1v) is 14.4. The minimum absolute atomic E-state index is 0.0522. The van der Waals surface area contributed by atoms with Crippen molar-refractivity contribution in [2.45, 2.75) is 37.3 Å². The molecule has 0 aliphatic heterocycles. The Labute approximate surface area is 238 Å². The van der Waals surface area contributed by atoms with Crippen molar-refractivity contribution in [3.8, 4) is 17.4 Å². The van der Waals surface area contributed by atoms with Crippen LogP contribution in [0.3, 0.4) is 0 Å². The number of pyridine rings is 1. The molecule has 0 unspecified atom stereocenters. The summed E-state index contributed by atoms with van der Waals surface area (Å²) in [5.41, 5.74) is 1.00. The van der Waals surface area contributed by atoms with E-state index in [1.165, 1.54) is 47.9 Å². The maximum Gasteiger partial charge on any atom is 0.287 e. The average Bonchev–Trinajstić information content (AvgIpc) is 3.35. The summed E-state index contributed by atoms with van der Waals surface area (Å²) in [6.45, 7) is 3.54. The molecular formula is C29H33N3O8S. The molecule has 0 bridgehead atoms. The number of rotatable bonds is 12. The van der Waals surface area contributed by atoms with Crippen LogP contribution in [0, 0.1) is 5.92 Å². The van der Waals surface area contributed by atoms with Gasteiger partial charge in [0.15, 0.2) is 17.3 Å². The first-order valence-electron chi connectivity index (χ1n) is 13.0. The molecule has 0 saturated heterocycles. The van der Waals surface area contributed by atoms with E-state index in [0.29, 0.717) is 5.39 Å². The van der Waals surface area contributed by atoms with Crippen LogP contribution in [0.4, 0.5) is 0 Å². The van der Waals surface area contributed by atoms with E-state index in [-0.39, 0.29) is 53.3 Å². The van der Waals surface area contributed by atoms with Gasteiger partial charge in [0.05, 0.1) is 25.5 Å². The molecule has 12 heteroatoms. The Balaban J connectivity index is 1.61. The van der Waals surface area contributed by atoms with Crippen LogP contribution in [-0.4, -0.2) is 71.3 Å². The number of furan rings is 1. The fourth-order valence-corrected chi connectivity index (χ4v) is 5.94. The van der Waals surface area contributed by atoms with Gasteiger partial charge in [-0.05, 0) is 36.1 Å². The largest absolute Gasteiger partial charge is 0.504 e. The molecule has 218 valence electrons. The van der Waals surface area contributed by atoms with Gasteiger partial charge in [-0.3, -0.25) is 4.79 Å². The van der Waals surface area contributed by atoms with E-state index in [9.17, 15) is 28.5 Å². The number of carbonyl (C=O) groups is 1. The third kappa shape index (κ3) is 7.15. The van der Waals surface area contributed by atoms with Crippen molar-refractivity contribution in [1.82, 2.24) is 14.6 Å². The van der Waals surface area contributed by atoms with Gasteiger partial charge in [-0.25, -0.2) is 13.4 Å². The van der Waals surface area contributed by atoms with Gasteiger partial charge in [0.1, 0.15) is 10.5 Å². The van der Waals surface area contributed by atoms with E-state index in [1.54, 1.807) is 0 Å². The Morgan fingerprint density at radius 3 is 2.39 bits per heavy atom. The van der Waals surface area contributed by atoms with Gasteiger partial charge in [0, 0.05) is 30.6 Å². The minimum Gasteiger partial charge on any atom is -0.504 e. The number of ether oxygens (including phenoxy) is 1. The summed E-state index contributed by atoms with van der Waals surface area (Å²) in [5.74, 6) is -1.31.